The van der Waals surface area contributed by atoms with E-state index in [4.69, 9.17) is 0 Å². The summed E-state index contributed by atoms with van der Waals surface area (Å²) in [7, 11) is 0. The van der Waals surface area contributed by atoms with Crippen molar-refractivity contribution in [1.29, 1.82) is 0 Å². The van der Waals surface area contributed by atoms with Crippen LogP contribution in [0.4, 0.5) is 5.82 Å². The van der Waals surface area contributed by atoms with Crippen molar-refractivity contribution in [2.75, 3.05) is 31.1 Å². The highest BCUT2D eigenvalue weighted by atomic mass is 16.2. The summed E-state index contributed by atoms with van der Waals surface area (Å²) >= 11 is 0. The molecule has 1 atom stereocenters. The molecule has 164 valence electrons. The van der Waals surface area contributed by atoms with Crippen molar-refractivity contribution in [3.05, 3.63) is 53.7 Å². The van der Waals surface area contributed by atoms with Gasteiger partial charge in [0.15, 0.2) is 5.82 Å². The van der Waals surface area contributed by atoms with Crippen LogP contribution < -0.4 is 10.2 Å². The van der Waals surface area contributed by atoms with Gasteiger partial charge in [-0.25, -0.2) is 0 Å². The molecule has 4 rings (SSSR count). The molecule has 2 aliphatic heterocycles. The SMILES string of the molecule is CC(C)C(=O)N1CCC(c2ccc(C(=O)N[C@H]3CCN(c4cccnn4)C3)cc2)CC1. The molecule has 7 nitrogen and oxygen atoms in total. The van der Waals surface area contributed by atoms with Crippen molar-refractivity contribution in [2.24, 2.45) is 5.92 Å². The van der Waals surface area contributed by atoms with Gasteiger partial charge in [-0.3, -0.25) is 9.59 Å². The molecule has 0 spiro atoms. The number of carbonyl (C=O) groups is 2. The highest BCUT2D eigenvalue weighted by Gasteiger charge is 2.27. The zero-order chi connectivity index (χ0) is 21.8. The molecule has 1 aromatic carbocycles. The van der Waals surface area contributed by atoms with Crippen molar-refractivity contribution < 1.29 is 9.59 Å². The number of amides is 2. The van der Waals surface area contributed by atoms with Crippen molar-refractivity contribution in [2.45, 2.75) is 45.1 Å². The second kappa shape index (κ2) is 9.45. The zero-order valence-corrected chi connectivity index (χ0v) is 18.3. The molecule has 31 heavy (non-hydrogen) atoms. The first-order valence-electron chi connectivity index (χ1n) is 11.2. The van der Waals surface area contributed by atoms with Crippen molar-refractivity contribution in [3.8, 4) is 0 Å². The number of hydrogen-bond donors (Lipinski definition) is 1. The Morgan fingerprint density at radius 1 is 1.03 bits per heavy atom. The van der Waals surface area contributed by atoms with Crippen LogP contribution >= 0.6 is 0 Å². The Hall–Kier alpha value is -2.96. The van der Waals surface area contributed by atoms with Gasteiger partial charge < -0.3 is 15.1 Å². The number of nitrogens with zero attached hydrogens (tertiary/aromatic N) is 4. The molecule has 1 N–H and O–H groups in total. The first-order valence-corrected chi connectivity index (χ1v) is 11.2. The van der Waals surface area contributed by atoms with E-state index < -0.39 is 0 Å². The van der Waals surface area contributed by atoms with Gasteiger partial charge in [0.05, 0.1) is 0 Å². The second-order valence-electron chi connectivity index (χ2n) is 8.86. The molecule has 2 saturated heterocycles. The van der Waals surface area contributed by atoms with E-state index in [0.29, 0.717) is 11.5 Å². The fourth-order valence-corrected chi connectivity index (χ4v) is 4.52. The Morgan fingerprint density at radius 3 is 2.42 bits per heavy atom. The van der Waals surface area contributed by atoms with Crippen molar-refractivity contribution in [3.63, 3.8) is 0 Å². The molecule has 0 bridgehead atoms. The van der Waals surface area contributed by atoms with E-state index in [0.717, 1.165) is 51.3 Å². The number of likely N-dealkylation sites (tertiary alicyclic amines) is 1. The average Bonchev–Trinajstić information content (AvgIpc) is 3.28. The standard InChI is InChI=1S/C24H31N5O2/c1-17(2)24(31)28-13-9-19(10-14-28)18-5-7-20(8-6-18)23(30)26-21-11-15-29(16-21)22-4-3-12-25-27-22/h3-8,12,17,19,21H,9-11,13-16H2,1-2H3,(H,26,30)/t21-/m0/s1. The largest absolute Gasteiger partial charge is 0.353 e. The van der Waals surface area contributed by atoms with Gasteiger partial charge in [0.1, 0.15) is 0 Å². The van der Waals surface area contributed by atoms with E-state index >= 15 is 0 Å². The Morgan fingerprint density at radius 2 is 1.77 bits per heavy atom. The topological polar surface area (TPSA) is 78.4 Å². The summed E-state index contributed by atoms with van der Waals surface area (Å²) in [5.41, 5.74) is 1.94. The Kier molecular flexibility index (Phi) is 6.49. The minimum absolute atomic E-state index is 0.0325. The number of hydrogen-bond acceptors (Lipinski definition) is 5. The first-order chi connectivity index (χ1) is 15.0. The van der Waals surface area contributed by atoms with E-state index in [-0.39, 0.29) is 23.8 Å². The Labute approximate surface area is 183 Å². The second-order valence-corrected chi connectivity index (χ2v) is 8.86. The van der Waals surface area contributed by atoms with Crippen LogP contribution in [0.25, 0.3) is 0 Å². The molecule has 2 aromatic rings. The van der Waals surface area contributed by atoms with Crippen LogP contribution in [0.15, 0.2) is 42.6 Å². The summed E-state index contributed by atoms with van der Waals surface area (Å²) in [4.78, 5) is 29.0. The van der Waals surface area contributed by atoms with Crippen molar-refractivity contribution >= 4 is 17.6 Å². The van der Waals surface area contributed by atoms with Gasteiger partial charge in [-0.05, 0) is 55.0 Å². The maximum Gasteiger partial charge on any atom is 0.251 e. The molecular weight excluding hydrogens is 390 g/mol. The molecule has 2 amide bonds. The predicted molar refractivity (Wildman–Crippen MR) is 120 cm³/mol. The number of piperidine rings is 1. The van der Waals surface area contributed by atoms with Gasteiger partial charge in [0, 0.05) is 49.9 Å². The van der Waals surface area contributed by atoms with Crippen LogP contribution in [0.3, 0.4) is 0 Å². The fraction of sp³-hybridized carbons (Fsp3) is 0.500. The van der Waals surface area contributed by atoms with Gasteiger partial charge in [0.25, 0.3) is 5.91 Å². The van der Waals surface area contributed by atoms with Crippen LogP contribution in [0, 0.1) is 5.92 Å². The van der Waals surface area contributed by atoms with E-state index in [9.17, 15) is 9.59 Å². The molecule has 2 fully saturated rings. The van der Waals surface area contributed by atoms with E-state index in [1.54, 1.807) is 6.20 Å². The minimum atomic E-state index is -0.0325. The normalized spacial score (nSPS) is 19.6. The monoisotopic (exact) mass is 421 g/mol. The van der Waals surface area contributed by atoms with Crippen molar-refractivity contribution in [1.82, 2.24) is 20.4 Å². The van der Waals surface area contributed by atoms with Gasteiger partial charge in [0.2, 0.25) is 5.91 Å². The lowest BCUT2D eigenvalue weighted by atomic mass is 9.88. The molecular formula is C24H31N5O2. The minimum Gasteiger partial charge on any atom is -0.353 e. The molecule has 7 heteroatoms. The quantitative estimate of drug-likeness (QED) is 0.803. The molecule has 1 aromatic heterocycles. The third-order valence-electron chi connectivity index (χ3n) is 6.35. The number of rotatable bonds is 5. The van der Waals surface area contributed by atoms with Gasteiger partial charge in [-0.1, -0.05) is 26.0 Å². The maximum absolute atomic E-state index is 12.7. The fourth-order valence-electron chi connectivity index (χ4n) is 4.52. The van der Waals surface area contributed by atoms with Gasteiger partial charge >= 0.3 is 0 Å². The average molecular weight is 422 g/mol. The maximum atomic E-state index is 12.7. The molecule has 0 radical (unpaired) electrons. The van der Waals surface area contributed by atoms with Crippen LogP contribution in [0.2, 0.25) is 0 Å². The molecule has 0 saturated carbocycles. The van der Waals surface area contributed by atoms with Crippen LogP contribution in [-0.2, 0) is 4.79 Å². The summed E-state index contributed by atoms with van der Waals surface area (Å²) in [5.74, 6) is 1.57. The summed E-state index contributed by atoms with van der Waals surface area (Å²) in [6.45, 7) is 7.15. The molecule has 2 aliphatic rings. The Bertz CT molecular complexity index is 892. The number of aromatic nitrogens is 2. The molecule has 0 unspecified atom stereocenters. The Balaban J connectivity index is 1.29. The number of benzene rings is 1. The summed E-state index contributed by atoms with van der Waals surface area (Å²) in [6.07, 6.45) is 4.51. The third kappa shape index (κ3) is 5.03. The summed E-state index contributed by atoms with van der Waals surface area (Å²) in [6, 6.07) is 11.9. The lowest BCUT2D eigenvalue weighted by Crippen LogP contribution is -2.40. The van der Waals surface area contributed by atoms with Gasteiger partial charge in [-0.2, -0.15) is 5.10 Å². The number of carbonyl (C=O) groups excluding carboxylic acids is 2. The van der Waals surface area contributed by atoms with E-state index in [2.05, 4.69) is 32.5 Å². The number of anilines is 1. The summed E-state index contributed by atoms with van der Waals surface area (Å²) in [5, 5.41) is 11.2. The lowest BCUT2D eigenvalue weighted by molar-refractivity contribution is -0.135. The highest BCUT2D eigenvalue weighted by molar-refractivity contribution is 5.94. The first kappa shape index (κ1) is 21.3. The van der Waals surface area contributed by atoms with Crippen LogP contribution in [0.5, 0.6) is 0 Å². The zero-order valence-electron chi connectivity index (χ0n) is 18.3. The molecule has 0 aliphatic carbocycles. The van der Waals surface area contributed by atoms with Crippen LogP contribution in [-0.4, -0.2) is 59.1 Å². The van der Waals surface area contributed by atoms with E-state index in [1.807, 2.05) is 43.0 Å². The highest BCUT2D eigenvalue weighted by Crippen LogP contribution is 2.29. The third-order valence-corrected chi connectivity index (χ3v) is 6.35. The predicted octanol–water partition coefficient (Wildman–Crippen LogP) is 2.85. The number of nitrogens with one attached hydrogen (secondary N) is 1. The van der Waals surface area contributed by atoms with Crippen LogP contribution in [0.1, 0.15) is 54.9 Å². The smallest absolute Gasteiger partial charge is 0.251 e. The summed E-state index contributed by atoms with van der Waals surface area (Å²) < 4.78 is 0. The molecule has 3 heterocycles. The van der Waals surface area contributed by atoms with E-state index in [1.165, 1.54) is 5.56 Å². The van der Waals surface area contributed by atoms with Gasteiger partial charge in [-0.15, -0.1) is 5.10 Å². The lowest BCUT2D eigenvalue weighted by Gasteiger charge is -2.33.